The van der Waals surface area contributed by atoms with E-state index in [0.29, 0.717) is 0 Å². The van der Waals surface area contributed by atoms with Crippen LogP contribution < -0.4 is 0 Å². The second-order valence-corrected chi connectivity index (χ2v) is 2.80. The molecule has 1 atom stereocenters. The number of nitrogens with one attached hydrogen (secondary N) is 1. The molecule has 2 nitrogen and oxygen atoms in total. The van der Waals surface area contributed by atoms with Gasteiger partial charge in [-0.3, -0.25) is 0 Å². The van der Waals surface area contributed by atoms with E-state index >= 15 is 0 Å². The Kier molecular flexibility index (Phi) is 1.55. The summed E-state index contributed by atoms with van der Waals surface area (Å²) in [6, 6.07) is 7.59. The van der Waals surface area contributed by atoms with Gasteiger partial charge in [0.15, 0.2) is 0 Å². The van der Waals surface area contributed by atoms with Crippen molar-refractivity contribution in [2.24, 2.45) is 0 Å². The zero-order chi connectivity index (χ0) is 8.55. The van der Waals surface area contributed by atoms with Crippen molar-refractivity contribution < 1.29 is 5.11 Å². The van der Waals surface area contributed by atoms with E-state index in [4.69, 9.17) is 5.41 Å². The lowest BCUT2D eigenvalue weighted by molar-refractivity contribution is 0.289. The van der Waals surface area contributed by atoms with Crippen LogP contribution in [0, 0.1) is 5.41 Å². The highest BCUT2D eigenvalue weighted by Gasteiger charge is 2.16. The molecular formula is C10H9NO. The molecule has 0 aliphatic heterocycles. The van der Waals surface area contributed by atoms with Gasteiger partial charge in [-0.05, 0) is 11.6 Å². The molecule has 1 aromatic rings. The summed E-state index contributed by atoms with van der Waals surface area (Å²) in [5, 5.41) is 16.9. The van der Waals surface area contributed by atoms with Crippen molar-refractivity contribution in [3.63, 3.8) is 0 Å². The Morgan fingerprint density at radius 1 is 1.25 bits per heavy atom. The van der Waals surface area contributed by atoms with Crippen LogP contribution in [0.15, 0.2) is 30.3 Å². The van der Waals surface area contributed by atoms with E-state index in [2.05, 4.69) is 0 Å². The Hall–Kier alpha value is -1.41. The van der Waals surface area contributed by atoms with Crippen LogP contribution in [-0.2, 0) is 0 Å². The molecule has 0 heterocycles. The Morgan fingerprint density at radius 3 is 2.83 bits per heavy atom. The maximum Gasteiger partial charge on any atom is 0.114 e. The highest BCUT2D eigenvalue weighted by molar-refractivity contribution is 6.07. The van der Waals surface area contributed by atoms with Crippen molar-refractivity contribution in [1.82, 2.24) is 0 Å². The summed E-state index contributed by atoms with van der Waals surface area (Å²) < 4.78 is 0. The van der Waals surface area contributed by atoms with Gasteiger partial charge in [-0.15, -0.1) is 0 Å². The Balaban J connectivity index is 2.59. The van der Waals surface area contributed by atoms with E-state index in [0.717, 1.165) is 11.1 Å². The van der Waals surface area contributed by atoms with Crippen LogP contribution in [0.1, 0.15) is 11.1 Å². The topological polar surface area (TPSA) is 44.1 Å². The average Bonchev–Trinajstić information content (AvgIpc) is 2.12. The van der Waals surface area contributed by atoms with Gasteiger partial charge in [0, 0.05) is 5.56 Å². The third-order valence-corrected chi connectivity index (χ3v) is 2.00. The van der Waals surface area contributed by atoms with Crippen LogP contribution in [0.4, 0.5) is 0 Å². The molecule has 1 aliphatic rings. The summed E-state index contributed by atoms with van der Waals surface area (Å²) in [5.74, 6) is 0. The normalized spacial score (nSPS) is 20.8. The van der Waals surface area contributed by atoms with Gasteiger partial charge >= 0.3 is 0 Å². The van der Waals surface area contributed by atoms with Crippen LogP contribution in [0.25, 0.3) is 6.08 Å². The number of hydrogen-bond acceptors (Lipinski definition) is 2. The molecule has 0 saturated carbocycles. The molecule has 1 unspecified atom stereocenters. The average molecular weight is 159 g/mol. The van der Waals surface area contributed by atoms with Gasteiger partial charge in [0.05, 0.1) is 5.71 Å². The van der Waals surface area contributed by atoms with Crippen molar-refractivity contribution in [1.29, 1.82) is 5.41 Å². The summed E-state index contributed by atoms with van der Waals surface area (Å²) in [7, 11) is 0. The predicted molar refractivity (Wildman–Crippen MR) is 48.3 cm³/mol. The quantitative estimate of drug-likeness (QED) is 0.591. The third-order valence-electron chi connectivity index (χ3n) is 2.00. The SMILES string of the molecule is N=C1c2ccccc2C=CC1O. The van der Waals surface area contributed by atoms with Gasteiger partial charge in [-0.1, -0.05) is 30.3 Å². The molecule has 0 saturated heterocycles. The number of aliphatic hydroxyl groups excluding tert-OH is 1. The number of rotatable bonds is 0. The first kappa shape index (κ1) is 7.25. The summed E-state index contributed by atoms with van der Waals surface area (Å²) >= 11 is 0. The molecule has 60 valence electrons. The first-order valence-corrected chi connectivity index (χ1v) is 3.83. The molecule has 2 N–H and O–H groups in total. The number of benzene rings is 1. The molecule has 2 heteroatoms. The van der Waals surface area contributed by atoms with Gasteiger partial charge in [-0.2, -0.15) is 0 Å². The summed E-state index contributed by atoms with van der Waals surface area (Å²) in [6.45, 7) is 0. The molecule has 0 amide bonds. The second-order valence-electron chi connectivity index (χ2n) is 2.80. The van der Waals surface area contributed by atoms with Gasteiger partial charge in [0.1, 0.15) is 6.10 Å². The predicted octanol–water partition coefficient (Wildman–Crippen LogP) is 1.44. The molecular weight excluding hydrogens is 150 g/mol. The fourth-order valence-corrected chi connectivity index (χ4v) is 1.34. The van der Waals surface area contributed by atoms with E-state index in [1.165, 1.54) is 0 Å². The zero-order valence-corrected chi connectivity index (χ0v) is 6.49. The highest BCUT2D eigenvalue weighted by atomic mass is 16.3. The van der Waals surface area contributed by atoms with E-state index in [9.17, 15) is 5.11 Å². The van der Waals surface area contributed by atoms with Crippen LogP contribution >= 0.6 is 0 Å². The molecule has 12 heavy (non-hydrogen) atoms. The molecule has 0 bridgehead atoms. The monoisotopic (exact) mass is 159 g/mol. The first-order chi connectivity index (χ1) is 5.79. The minimum atomic E-state index is -0.736. The van der Waals surface area contributed by atoms with Gasteiger partial charge in [0.25, 0.3) is 0 Å². The Morgan fingerprint density at radius 2 is 2.00 bits per heavy atom. The van der Waals surface area contributed by atoms with Crippen molar-refractivity contribution in [2.75, 3.05) is 0 Å². The van der Waals surface area contributed by atoms with Gasteiger partial charge in [-0.25, -0.2) is 0 Å². The molecule has 0 spiro atoms. The third kappa shape index (κ3) is 0.970. The molecule has 1 aromatic carbocycles. The summed E-state index contributed by atoms with van der Waals surface area (Å²) in [4.78, 5) is 0. The lowest BCUT2D eigenvalue weighted by Crippen LogP contribution is -2.21. The van der Waals surface area contributed by atoms with E-state index in [1.54, 1.807) is 6.08 Å². The molecule has 1 aliphatic carbocycles. The standard InChI is InChI=1S/C10H9NO/c11-10-8-4-2-1-3-7(8)5-6-9(10)12/h1-6,9,11-12H. The second kappa shape index (κ2) is 2.57. The Labute approximate surface area is 70.7 Å². The van der Waals surface area contributed by atoms with Crippen molar-refractivity contribution >= 4 is 11.8 Å². The minimum absolute atomic E-state index is 0.285. The lowest BCUT2D eigenvalue weighted by atomic mass is 9.94. The highest BCUT2D eigenvalue weighted by Crippen LogP contribution is 2.18. The number of hydrogen-bond donors (Lipinski definition) is 2. The van der Waals surface area contributed by atoms with E-state index in [1.807, 2.05) is 30.3 Å². The summed E-state index contributed by atoms with van der Waals surface area (Å²) in [6.07, 6.45) is 2.74. The number of aliphatic hydroxyl groups is 1. The van der Waals surface area contributed by atoms with Gasteiger partial charge < -0.3 is 10.5 Å². The molecule has 2 rings (SSSR count). The van der Waals surface area contributed by atoms with Crippen molar-refractivity contribution in [2.45, 2.75) is 6.10 Å². The largest absolute Gasteiger partial charge is 0.383 e. The van der Waals surface area contributed by atoms with Crippen LogP contribution in [-0.4, -0.2) is 16.9 Å². The fourth-order valence-electron chi connectivity index (χ4n) is 1.34. The lowest BCUT2D eigenvalue weighted by Gasteiger charge is -2.15. The van der Waals surface area contributed by atoms with Gasteiger partial charge in [0.2, 0.25) is 0 Å². The molecule has 0 aromatic heterocycles. The van der Waals surface area contributed by atoms with E-state index < -0.39 is 6.10 Å². The van der Waals surface area contributed by atoms with Crippen LogP contribution in [0.3, 0.4) is 0 Å². The van der Waals surface area contributed by atoms with Crippen LogP contribution in [0.2, 0.25) is 0 Å². The first-order valence-electron chi connectivity index (χ1n) is 3.83. The van der Waals surface area contributed by atoms with Crippen molar-refractivity contribution in [3.05, 3.63) is 41.5 Å². The van der Waals surface area contributed by atoms with E-state index in [-0.39, 0.29) is 5.71 Å². The molecule has 0 fully saturated rings. The van der Waals surface area contributed by atoms with Crippen molar-refractivity contribution in [3.8, 4) is 0 Å². The smallest absolute Gasteiger partial charge is 0.114 e. The summed E-state index contributed by atoms with van der Waals surface area (Å²) in [5.41, 5.74) is 2.12. The minimum Gasteiger partial charge on any atom is -0.383 e. The maximum absolute atomic E-state index is 9.31. The zero-order valence-electron chi connectivity index (χ0n) is 6.49. The van der Waals surface area contributed by atoms with Crippen LogP contribution in [0.5, 0.6) is 0 Å². The molecule has 0 radical (unpaired) electrons. The fraction of sp³-hybridized carbons (Fsp3) is 0.100. The maximum atomic E-state index is 9.31. The Bertz CT molecular complexity index is 355. The number of fused-ring (bicyclic) bond motifs is 1.